The number of allylic oxidation sites excluding steroid dienone is 1. The van der Waals surface area contributed by atoms with Gasteiger partial charge in [-0.2, -0.15) is 0 Å². The molecule has 2 aliphatic heterocycles. The summed E-state index contributed by atoms with van der Waals surface area (Å²) >= 11 is 6.25. The van der Waals surface area contributed by atoms with Crippen molar-refractivity contribution in [2.75, 3.05) is 75.3 Å². The van der Waals surface area contributed by atoms with Gasteiger partial charge in [0, 0.05) is 104 Å². The van der Waals surface area contributed by atoms with Gasteiger partial charge in [0.05, 0.1) is 21.6 Å². The number of ether oxygens (including phenoxy) is 1. The van der Waals surface area contributed by atoms with E-state index in [2.05, 4.69) is 61.2 Å². The molecular weight excluding hydrogens is 896 g/mol. The fourth-order valence-electron chi connectivity index (χ4n) is 9.24. The first-order valence-electron chi connectivity index (χ1n) is 22.6. The molecule has 0 radical (unpaired) electrons. The quantitative estimate of drug-likeness (QED) is 0.0588. The molecule has 0 spiro atoms. The molecule has 1 aliphatic carbocycles. The van der Waals surface area contributed by atoms with E-state index in [1.807, 2.05) is 25.1 Å². The Balaban J connectivity index is 0.971. The molecule has 0 unspecified atom stereocenters. The van der Waals surface area contributed by atoms with E-state index in [1.165, 1.54) is 35.0 Å². The summed E-state index contributed by atoms with van der Waals surface area (Å²) in [4.78, 5) is 39.9. The highest BCUT2D eigenvalue weighted by Crippen LogP contribution is 2.43. The molecule has 5 aromatic rings. The van der Waals surface area contributed by atoms with Crippen molar-refractivity contribution >= 4 is 70.8 Å². The molecule has 0 saturated carbocycles. The number of nitrogens with one attached hydrogen (secondary N) is 2. The third-order valence-electron chi connectivity index (χ3n) is 13.0. The normalized spacial score (nSPS) is 18.0. The molecule has 3 aliphatic rings. The average Bonchev–Trinajstić information content (AvgIpc) is 3.76. The van der Waals surface area contributed by atoms with Gasteiger partial charge in [-0.25, -0.2) is 18.1 Å². The third-order valence-corrected chi connectivity index (χ3v) is 17.3. The number of rotatable bonds is 15. The summed E-state index contributed by atoms with van der Waals surface area (Å²) in [5, 5.41) is 13.8. The van der Waals surface area contributed by atoms with Crippen LogP contribution in [0.4, 0.5) is 11.4 Å². The van der Waals surface area contributed by atoms with Gasteiger partial charge in [-0.1, -0.05) is 55.1 Å². The predicted octanol–water partition coefficient (Wildman–Crippen LogP) is 8.86. The molecule has 4 heterocycles. The number of nitro benzene ring substituents is 1. The smallest absolute Gasteiger partial charge is 0.273 e. The SMILES string of the molecule is C=S1(=NCC)CCN(CCCc2ccc(S(=O)(=O)NC(=O)c3ccc(N4CCN(CC5=C(c6ccc(Cl)cc6)CC(C)(C)CC5)CC4)cc3Oc3cnc4[nH]ccc4c3)cc2[N+](=O)[O-])CC1. The van der Waals surface area contributed by atoms with E-state index in [-0.39, 0.29) is 27.3 Å². The van der Waals surface area contributed by atoms with Gasteiger partial charge in [-0.15, -0.1) is 9.41 Å². The second kappa shape index (κ2) is 19.9. The van der Waals surface area contributed by atoms with E-state index < -0.39 is 30.3 Å². The van der Waals surface area contributed by atoms with Crippen molar-refractivity contribution in [1.29, 1.82) is 0 Å². The lowest BCUT2D eigenvalue weighted by molar-refractivity contribution is -0.385. The maximum atomic E-state index is 14.0. The lowest BCUT2D eigenvalue weighted by atomic mass is 9.72. The van der Waals surface area contributed by atoms with Crippen molar-refractivity contribution in [2.24, 2.45) is 9.78 Å². The number of carbonyl (C=O) groups excluding carboxylic acids is 1. The highest BCUT2D eigenvalue weighted by atomic mass is 35.5. The van der Waals surface area contributed by atoms with Gasteiger partial charge < -0.3 is 19.5 Å². The zero-order chi connectivity index (χ0) is 46.6. The highest BCUT2D eigenvalue weighted by Gasteiger charge is 2.31. The number of aryl methyl sites for hydroxylation is 1. The second-order valence-electron chi connectivity index (χ2n) is 18.3. The number of amides is 1. The molecule has 2 fully saturated rings. The highest BCUT2D eigenvalue weighted by molar-refractivity contribution is 8.02. The number of benzene rings is 3. The number of H-pyrrole nitrogens is 1. The van der Waals surface area contributed by atoms with Gasteiger partial charge in [0.25, 0.3) is 21.6 Å². The number of aromatic amines is 1. The molecule has 3 aromatic carbocycles. The summed E-state index contributed by atoms with van der Waals surface area (Å²) in [7, 11) is -5.72. The number of halogens is 1. The van der Waals surface area contributed by atoms with Gasteiger partial charge in [0.15, 0.2) is 0 Å². The summed E-state index contributed by atoms with van der Waals surface area (Å²) in [6.07, 6.45) is 7.56. The Morgan fingerprint density at radius 2 is 1.77 bits per heavy atom. The minimum Gasteiger partial charge on any atom is -0.455 e. The van der Waals surface area contributed by atoms with Crippen molar-refractivity contribution in [2.45, 2.75) is 57.8 Å². The number of fused-ring (bicyclic) bond motifs is 1. The van der Waals surface area contributed by atoms with Crippen LogP contribution < -0.4 is 14.4 Å². The van der Waals surface area contributed by atoms with Crippen molar-refractivity contribution in [3.8, 4) is 11.5 Å². The second-order valence-corrected chi connectivity index (χ2v) is 23.5. The summed E-state index contributed by atoms with van der Waals surface area (Å²) in [6, 6.07) is 20.7. The predicted molar refractivity (Wildman–Crippen MR) is 267 cm³/mol. The van der Waals surface area contributed by atoms with Gasteiger partial charge in [-0.05, 0) is 105 Å². The first kappa shape index (κ1) is 47.2. The molecule has 66 heavy (non-hydrogen) atoms. The molecule has 2 saturated heterocycles. The number of hydrogen-bond donors (Lipinski definition) is 2. The minimum absolute atomic E-state index is 0.0260. The molecule has 17 heteroatoms. The number of anilines is 1. The molecule has 1 amide bonds. The lowest BCUT2D eigenvalue weighted by Gasteiger charge is -2.39. The molecule has 2 aromatic heterocycles. The first-order chi connectivity index (χ1) is 31.6. The number of piperazine rings is 1. The molecule has 350 valence electrons. The van der Waals surface area contributed by atoms with Crippen LogP contribution in [0.2, 0.25) is 5.02 Å². The van der Waals surface area contributed by atoms with E-state index >= 15 is 0 Å². The van der Waals surface area contributed by atoms with Crippen molar-refractivity contribution in [1.82, 2.24) is 24.5 Å². The maximum Gasteiger partial charge on any atom is 0.273 e. The fourth-order valence-corrected chi connectivity index (χ4v) is 12.6. The van der Waals surface area contributed by atoms with Crippen LogP contribution in [0.3, 0.4) is 0 Å². The Bertz CT molecular complexity index is 2870. The van der Waals surface area contributed by atoms with Crippen LogP contribution in [0, 0.1) is 15.5 Å². The summed E-state index contributed by atoms with van der Waals surface area (Å²) in [5.41, 5.74) is 5.91. The summed E-state index contributed by atoms with van der Waals surface area (Å²) < 4.78 is 40.8. The Morgan fingerprint density at radius 3 is 2.50 bits per heavy atom. The monoisotopic (exact) mass is 954 g/mol. The average molecular weight is 956 g/mol. The third kappa shape index (κ3) is 11.3. The summed E-state index contributed by atoms with van der Waals surface area (Å²) in [5.74, 6) is 5.82. The number of sulfonamides is 1. The zero-order valence-corrected chi connectivity index (χ0v) is 40.3. The van der Waals surface area contributed by atoms with Crippen LogP contribution in [0.25, 0.3) is 16.6 Å². The lowest BCUT2D eigenvalue weighted by Crippen LogP contribution is -2.47. The number of aromatic nitrogens is 2. The molecule has 0 atom stereocenters. The molecule has 2 N–H and O–H groups in total. The van der Waals surface area contributed by atoms with Crippen LogP contribution in [0.1, 0.15) is 67.9 Å². The van der Waals surface area contributed by atoms with Gasteiger partial charge >= 0.3 is 0 Å². The van der Waals surface area contributed by atoms with Crippen LogP contribution in [-0.2, 0) is 25.9 Å². The van der Waals surface area contributed by atoms with Crippen molar-refractivity contribution in [3.05, 3.63) is 123 Å². The zero-order valence-electron chi connectivity index (χ0n) is 37.9. The van der Waals surface area contributed by atoms with E-state index in [4.69, 9.17) is 20.7 Å². The molecule has 8 rings (SSSR count). The Kier molecular flexibility index (Phi) is 14.3. The van der Waals surface area contributed by atoms with E-state index in [0.717, 1.165) is 112 Å². The number of nitrogens with zero attached hydrogens (tertiary/aromatic N) is 6. The molecular formula is C49H59ClN8O6S2. The van der Waals surface area contributed by atoms with Gasteiger partial charge in [0.2, 0.25) is 0 Å². The number of hydrogen-bond acceptors (Lipinski definition) is 11. The summed E-state index contributed by atoms with van der Waals surface area (Å²) in [6.45, 7) is 14.0. The van der Waals surface area contributed by atoms with Crippen molar-refractivity contribution in [3.63, 3.8) is 0 Å². The van der Waals surface area contributed by atoms with Crippen LogP contribution in [-0.4, -0.2) is 115 Å². The van der Waals surface area contributed by atoms with Gasteiger partial charge in [-0.3, -0.25) is 24.2 Å². The van der Waals surface area contributed by atoms with E-state index in [1.54, 1.807) is 30.5 Å². The fraction of sp³-hybridized carbons (Fsp3) is 0.408. The van der Waals surface area contributed by atoms with Gasteiger partial charge in [0.1, 0.15) is 17.1 Å². The van der Waals surface area contributed by atoms with Crippen LogP contribution in [0.5, 0.6) is 11.5 Å². The van der Waals surface area contributed by atoms with E-state index in [0.29, 0.717) is 29.8 Å². The largest absolute Gasteiger partial charge is 0.455 e. The van der Waals surface area contributed by atoms with Crippen molar-refractivity contribution < 1.29 is 22.9 Å². The standard InChI is InChI=1S/C49H59ClN8O6S2/c1-5-53-65(4)27-25-55(26-28-65)20-6-7-36-10-14-42(31-45(36)58(60)61)66(62,63)54-48(59)43-15-13-40(30-46(43)64-41-29-37-17-19-51-47(37)52-33-41)57-23-21-56(22-24-57)34-38-16-18-49(2,3)32-44(38)35-8-11-39(50)12-9-35/h8-15,17,19,29-31,33H,4-7,16,18,20-28,32,34H2,1-3H3,(H,51,52)(H,54,59). The van der Waals surface area contributed by atoms with Crippen LogP contribution in [0.15, 0.2) is 100 Å². The first-order valence-corrected chi connectivity index (χ1v) is 26.6. The topological polar surface area (TPSA) is 166 Å². The molecule has 14 nitrogen and oxygen atoms in total. The minimum atomic E-state index is -4.55. The maximum absolute atomic E-state index is 14.0. The number of nitro groups is 1. The number of carbonyl (C=O) groups is 1. The molecule has 0 bridgehead atoms. The Morgan fingerprint density at radius 1 is 1.02 bits per heavy atom. The van der Waals surface area contributed by atoms with E-state index in [9.17, 15) is 23.3 Å². The Hall–Kier alpha value is -5.26. The Labute approximate surface area is 393 Å². The number of pyridine rings is 1. The van der Waals surface area contributed by atoms with Crippen LogP contribution >= 0.6 is 11.6 Å².